The molecule has 2 aromatic rings. The van der Waals surface area contributed by atoms with Gasteiger partial charge in [-0.05, 0) is 11.6 Å². The second-order valence-electron chi connectivity index (χ2n) is 6.33. The standard InChI is InChI=1S/C19H24N4O3/c20-11-17-10-16(14-26-17)19(25)21-12-18(24)23-8-6-22(7-9-23)13-15-4-2-1-3-5-15/h1-5,10,14H,6-9,11-13,20H2,(H,21,25). The average Bonchev–Trinajstić information content (AvgIpc) is 3.17. The van der Waals surface area contributed by atoms with Crippen LogP contribution in [0.4, 0.5) is 0 Å². The summed E-state index contributed by atoms with van der Waals surface area (Å²) in [5.41, 5.74) is 7.11. The molecule has 0 bridgehead atoms. The Morgan fingerprint density at radius 1 is 1.12 bits per heavy atom. The highest BCUT2D eigenvalue weighted by Gasteiger charge is 2.21. The number of nitrogens with zero attached hydrogens (tertiary/aromatic N) is 2. The fraction of sp³-hybridized carbons (Fsp3) is 0.368. The molecule has 2 amide bonds. The molecule has 0 atom stereocenters. The van der Waals surface area contributed by atoms with Crippen molar-refractivity contribution in [2.45, 2.75) is 13.1 Å². The molecule has 0 spiro atoms. The van der Waals surface area contributed by atoms with Gasteiger partial charge in [-0.15, -0.1) is 0 Å². The minimum atomic E-state index is -0.329. The molecule has 0 aliphatic carbocycles. The van der Waals surface area contributed by atoms with Crippen LogP contribution in [0.5, 0.6) is 0 Å². The van der Waals surface area contributed by atoms with Crippen LogP contribution in [0.3, 0.4) is 0 Å². The minimum Gasteiger partial charge on any atom is -0.467 e. The number of furan rings is 1. The minimum absolute atomic E-state index is 0.0132. The first kappa shape index (κ1) is 18.2. The summed E-state index contributed by atoms with van der Waals surface area (Å²) in [5, 5.41) is 2.64. The number of nitrogens with one attached hydrogen (secondary N) is 1. The van der Waals surface area contributed by atoms with E-state index in [1.54, 1.807) is 11.0 Å². The Morgan fingerprint density at radius 3 is 2.50 bits per heavy atom. The summed E-state index contributed by atoms with van der Waals surface area (Å²) in [4.78, 5) is 28.5. The molecule has 1 saturated heterocycles. The van der Waals surface area contributed by atoms with Crippen molar-refractivity contribution in [2.75, 3.05) is 32.7 Å². The fourth-order valence-electron chi connectivity index (χ4n) is 2.97. The van der Waals surface area contributed by atoms with Gasteiger partial charge in [-0.25, -0.2) is 0 Å². The Balaban J connectivity index is 1.41. The van der Waals surface area contributed by atoms with E-state index in [2.05, 4.69) is 22.3 Å². The SMILES string of the molecule is NCc1cc(C(=O)NCC(=O)N2CCN(Cc3ccccc3)CC2)co1. The van der Waals surface area contributed by atoms with Crippen molar-refractivity contribution in [2.24, 2.45) is 5.73 Å². The van der Waals surface area contributed by atoms with Gasteiger partial charge in [0, 0.05) is 32.7 Å². The highest BCUT2D eigenvalue weighted by atomic mass is 16.3. The van der Waals surface area contributed by atoms with E-state index in [4.69, 9.17) is 10.2 Å². The Morgan fingerprint density at radius 2 is 1.85 bits per heavy atom. The number of carbonyl (C=O) groups excluding carboxylic acids is 2. The van der Waals surface area contributed by atoms with Gasteiger partial charge in [0.1, 0.15) is 12.0 Å². The van der Waals surface area contributed by atoms with Gasteiger partial charge in [0.15, 0.2) is 0 Å². The van der Waals surface area contributed by atoms with Crippen molar-refractivity contribution >= 4 is 11.8 Å². The number of amides is 2. The molecule has 1 aromatic carbocycles. The van der Waals surface area contributed by atoms with Gasteiger partial charge < -0.3 is 20.4 Å². The quantitative estimate of drug-likeness (QED) is 0.799. The Bertz CT molecular complexity index is 736. The molecule has 7 heteroatoms. The van der Waals surface area contributed by atoms with Crippen LogP contribution >= 0.6 is 0 Å². The van der Waals surface area contributed by atoms with E-state index in [-0.39, 0.29) is 24.9 Å². The van der Waals surface area contributed by atoms with Crippen LogP contribution in [0.1, 0.15) is 21.7 Å². The number of carbonyl (C=O) groups is 2. The van der Waals surface area contributed by atoms with Gasteiger partial charge in [-0.3, -0.25) is 14.5 Å². The first-order valence-corrected chi connectivity index (χ1v) is 8.75. The number of benzene rings is 1. The van der Waals surface area contributed by atoms with Crippen LogP contribution in [-0.2, 0) is 17.9 Å². The average molecular weight is 356 g/mol. The third-order valence-electron chi connectivity index (χ3n) is 4.49. The lowest BCUT2D eigenvalue weighted by molar-refractivity contribution is -0.131. The van der Waals surface area contributed by atoms with E-state index >= 15 is 0 Å². The van der Waals surface area contributed by atoms with Crippen molar-refractivity contribution in [3.63, 3.8) is 0 Å². The zero-order valence-electron chi connectivity index (χ0n) is 14.7. The lowest BCUT2D eigenvalue weighted by Crippen LogP contribution is -2.50. The second-order valence-corrected chi connectivity index (χ2v) is 6.33. The molecule has 1 aliphatic heterocycles. The normalized spacial score (nSPS) is 15.0. The van der Waals surface area contributed by atoms with E-state index in [1.807, 2.05) is 18.2 Å². The van der Waals surface area contributed by atoms with Gasteiger partial charge in [-0.2, -0.15) is 0 Å². The number of nitrogens with two attached hydrogens (primary N) is 1. The predicted octanol–water partition coefficient (Wildman–Crippen LogP) is 0.813. The molecule has 3 rings (SSSR count). The van der Waals surface area contributed by atoms with Gasteiger partial charge in [0.2, 0.25) is 5.91 Å². The van der Waals surface area contributed by atoms with Gasteiger partial charge in [-0.1, -0.05) is 30.3 Å². The second kappa shape index (κ2) is 8.64. The molecule has 138 valence electrons. The lowest BCUT2D eigenvalue weighted by Gasteiger charge is -2.34. The number of hydrogen-bond donors (Lipinski definition) is 2. The van der Waals surface area contributed by atoms with Crippen LogP contribution in [0.2, 0.25) is 0 Å². The molecule has 7 nitrogen and oxygen atoms in total. The topological polar surface area (TPSA) is 91.8 Å². The first-order valence-electron chi connectivity index (χ1n) is 8.75. The highest BCUT2D eigenvalue weighted by Crippen LogP contribution is 2.09. The molecular weight excluding hydrogens is 332 g/mol. The highest BCUT2D eigenvalue weighted by molar-refractivity contribution is 5.96. The Kier molecular flexibility index (Phi) is 6.04. The summed E-state index contributed by atoms with van der Waals surface area (Å²) in [6.07, 6.45) is 1.35. The molecule has 0 unspecified atom stereocenters. The van der Waals surface area contributed by atoms with E-state index in [0.717, 1.165) is 19.6 Å². The first-order chi connectivity index (χ1) is 12.7. The van der Waals surface area contributed by atoms with Crippen LogP contribution in [0.25, 0.3) is 0 Å². The molecule has 1 aromatic heterocycles. The zero-order chi connectivity index (χ0) is 18.4. The van der Waals surface area contributed by atoms with Crippen molar-refractivity contribution in [3.8, 4) is 0 Å². The largest absolute Gasteiger partial charge is 0.467 e. The van der Waals surface area contributed by atoms with E-state index < -0.39 is 0 Å². The third-order valence-corrected chi connectivity index (χ3v) is 4.49. The van der Waals surface area contributed by atoms with E-state index in [0.29, 0.717) is 24.4 Å². The maximum Gasteiger partial charge on any atom is 0.254 e. The summed E-state index contributed by atoms with van der Waals surface area (Å²) < 4.78 is 5.13. The molecular formula is C19H24N4O3. The molecule has 3 N–H and O–H groups in total. The molecule has 26 heavy (non-hydrogen) atoms. The summed E-state index contributed by atoms with van der Waals surface area (Å²) in [6.45, 7) is 4.12. The molecule has 1 aliphatic rings. The summed E-state index contributed by atoms with van der Waals surface area (Å²) in [6, 6.07) is 11.9. The van der Waals surface area contributed by atoms with Crippen LogP contribution in [0.15, 0.2) is 47.1 Å². The maximum absolute atomic E-state index is 12.3. The molecule has 0 radical (unpaired) electrons. The van der Waals surface area contributed by atoms with E-state index in [1.165, 1.54) is 11.8 Å². The third kappa shape index (κ3) is 4.71. The van der Waals surface area contributed by atoms with Gasteiger partial charge in [0.25, 0.3) is 5.91 Å². The van der Waals surface area contributed by atoms with Crippen molar-refractivity contribution < 1.29 is 14.0 Å². The predicted molar refractivity (Wildman–Crippen MR) is 97.2 cm³/mol. The Hall–Kier alpha value is -2.64. The van der Waals surface area contributed by atoms with Gasteiger partial charge in [0.05, 0.1) is 18.7 Å². The van der Waals surface area contributed by atoms with E-state index in [9.17, 15) is 9.59 Å². The summed E-state index contributed by atoms with van der Waals surface area (Å²) >= 11 is 0. The number of piperazine rings is 1. The Labute approximate surface area is 152 Å². The molecule has 0 saturated carbocycles. The van der Waals surface area contributed by atoms with Crippen molar-refractivity contribution in [3.05, 3.63) is 59.5 Å². The lowest BCUT2D eigenvalue weighted by atomic mass is 10.2. The van der Waals surface area contributed by atoms with Crippen LogP contribution < -0.4 is 11.1 Å². The molecule has 2 heterocycles. The maximum atomic E-state index is 12.3. The number of rotatable bonds is 6. The smallest absolute Gasteiger partial charge is 0.254 e. The monoisotopic (exact) mass is 356 g/mol. The fourth-order valence-corrected chi connectivity index (χ4v) is 2.97. The summed E-state index contributed by atoms with van der Waals surface area (Å²) in [5.74, 6) is 0.140. The van der Waals surface area contributed by atoms with Crippen LogP contribution in [0, 0.1) is 0 Å². The molecule has 1 fully saturated rings. The summed E-state index contributed by atoms with van der Waals surface area (Å²) in [7, 11) is 0. The number of hydrogen-bond acceptors (Lipinski definition) is 5. The zero-order valence-corrected chi connectivity index (χ0v) is 14.7. The van der Waals surface area contributed by atoms with Gasteiger partial charge >= 0.3 is 0 Å². The van der Waals surface area contributed by atoms with Crippen molar-refractivity contribution in [1.29, 1.82) is 0 Å². The van der Waals surface area contributed by atoms with Crippen molar-refractivity contribution in [1.82, 2.24) is 15.1 Å². The van der Waals surface area contributed by atoms with Crippen LogP contribution in [-0.4, -0.2) is 54.3 Å².